The van der Waals surface area contributed by atoms with Crippen molar-refractivity contribution >= 4 is 11.6 Å². The van der Waals surface area contributed by atoms with Crippen LogP contribution in [0.2, 0.25) is 0 Å². The van der Waals surface area contributed by atoms with Gasteiger partial charge in [-0.05, 0) is 38.5 Å². The van der Waals surface area contributed by atoms with Crippen molar-refractivity contribution in [3.05, 3.63) is 22.2 Å². The fourth-order valence-electron chi connectivity index (χ4n) is 4.09. The minimum atomic E-state index is -0.156. The highest BCUT2D eigenvalue weighted by Gasteiger charge is 2.24. The van der Waals surface area contributed by atoms with Crippen LogP contribution in [0.3, 0.4) is 0 Å². The zero-order chi connectivity index (χ0) is 17.4. The number of piperidine rings is 1. The molecule has 25 heavy (non-hydrogen) atoms. The van der Waals surface area contributed by atoms with Crippen LogP contribution in [-0.4, -0.2) is 45.0 Å². The molecule has 0 radical (unpaired) electrons. The molecule has 0 spiro atoms. The minimum absolute atomic E-state index is 0.156. The van der Waals surface area contributed by atoms with Crippen molar-refractivity contribution in [2.45, 2.75) is 51.6 Å². The van der Waals surface area contributed by atoms with Gasteiger partial charge in [-0.1, -0.05) is 12.8 Å². The summed E-state index contributed by atoms with van der Waals surface area (Å²) in [5.41, 5.74) is 0.851. The second-order valence-corrected chi connectivity index (χ2v) is 7.49. The molecule has 0 bridgehead atoms. The third-order valence-corrected chi connectivity index (χ3v) is 5.60. The predicted molar refractivity (Wildman–Crippen MR) is 96.1 cm³/mol. The normalized spacial score (nSPS) is 20.0. The molecule has 1 aliphatic carbocycles. The molecule has 0 atom stereocenters. The summed E-state index contributed by atoms with van der Waals surface area (Å²) in [4.78, 5) is 18.9. The van der Waals surface area contributed by atoms with Gasteiger partial charge in [0.15, 0.2) is 0 Å². The standard InChI is InChI=1S/C18H27N5O2/c1-13-11-23-17(20-21(2)18(23)24)19-16(13)22-9-7-15(8-10-22)25-12-14-5-3-4-6-14/h11,14-15H,3-10,12H2,1-2H3. The largest absolute Gasteiger partial charge is 0.378 e. The number of aromatic nitrogens is 4. The zero-order valence-corrected chi connectivity index (χ0v) is 15.1. The summed E-state index contributed by atoms with van der Waals surface area (Å²) in [6.45, 7) is 4.82. The SMILES string of the molecule is Cc1cn2c(=O)n(C)nc2nc1N1CCC(OCC2CCCC2)CC1. The van der Waals surface area contributed by atoms with Crippen LogP contribution >= 0.6 is 0 Å². The molecule has 2 aliphatic rings. The van der Waals surface area contributed by atoms with Gasteiger partial charge in [-0.25, -0.2) is 13.9 Å². The maximum absolute atomic E-state index is 12.0. The van der Waals surface area contributed by atoms with Gasteiger partial charge in [-0.2, -0.15) is 4.98 Å². The Hall–Kier alpha value is -1.89. The fraction of sp³-hybridized carbons (Fsp3) is 0.722. The van der Waals surface area contributed by atoms with Crippen LogP contribution in [0.15, 0.2) is 11.0 Å². The Morgan fingerprint density at radius 2 is 1.92 bits per heavy atom. The first-order valence-corrected chi connectivity index (χ1v) is 9.41. The maximum atomic E-state index is 12.0. The molecule has 4 rings (SSSR count). The number of hydrogen-bond donors (Lipinski definition) is 0. The van der Waals surface area contributed by atoms with Gasteiger partial charge in [0.05, 0.1) is 6.10 Å². The first kappa shape index (κ1) is 16.6. The van der Waals surface area contributed by atoms with Gasteiger partial charge in [0, 0.05) is 38.5 Å². The van der Waals surface area contributed by atoms with Crippen LogP contribution in [-0.2, 0) is 11.8 Å². The van der Waals surface area contributed by atoms with Gasteiger partial charge >= 0.3 is 5.69 Å². The summed E-state index contributed by atoms with van der Waals surface area (Å²) in [6, 6.07) is 0. The number of aryl methyl sites for hydroxylation is 2. The molecule has 1 saturated carbocycles. The molecular weight excluding hydrogens is 318 g/mol. The third-order valence-electron chi connectivity index (χ3n) is 5.60. The van der Waals surface area contributed by atoms with Crippen LogP contribution in [0.25, 0.3) is 5.78 Å². The fourth-order valence-corrected chi connectivity index (χ4v) is 4.09. The van der Waals surface area contributed by atoms with Gasteiger partial charge in [0.2, 0.25) is 0 Å². The van der Waals surface area contributed by atoms with Crippen molar-refractivity contribution in [2.75, 3.05) is 24.6 Å². The average molecular weight is 345 g/mol. The molecule has 0 N–H and O–H groups in total. The maximum Gasteiger partial charge on any atom is 0.351 e. The molecule has 2 aromatic heterocycles. The minimum Gasteiger partial charge on any atom is -0.378 e. The van der Waals surface area contributed by atoms with E-state index in [0.29, 0.717) is 11.9 Å². The number of hydrogen-bond acceptors (Lipinski definition) is 5. The van der Waals surface area contributed by atoms with E-state index in [4.69, 9.17) is 4.74 Å². The summed E-state index contributed by atoms with van der Waals surface area (Å²) < 4.78 is 9.00. The molecular formula is C18H27N5O2. The predicted octanol–water partition coefficient (Wildman–Crippen LogP) is 1.91. The van der Waals surface area contributed by atoms with E-state index in [-0.39, 0.29) is 5.69 Å². The van der Waals surface area contributed by atoms with Crippen LogP contribution in [0, 0.1) is 12.8 Å². The molecule has 1 saturated heterocycles. The molecule has 7 heteroatoms. The van der Waals surface area contributed by atoms with Crippen LogP contribution < -0.4 is 10.6 Å². The average Bonchev–Trinajstić information content (AvgIpc) is 3.23. The molecule has 0 unspecified atom stereocenters. The van der Waals surface area contributed by atoms with E-state index < -0.39 is 0 Å². The van der Waals surface area contributed by atoms with Crippen molar-refractivity contribution in [3.8, 4) is 0 Å². The Balaban J connectivity index is 1.41. The van der Waals surface area contributed by atoms with Gasteiger partial charge in [0.25, 0.3) is 5.78 Å². The third kappa shape index (κ3) is 3.29. The smallest absolute Gasteiger partial charge is 0.351 e. The van der Waals surface area contributed by atoms with E-state index >= 15 is 0 Å². The van der Waals surface area contributed by atoms with E-state index in [1.54, 1.807) is 7.05 Å². The number of rotatable bonds is 4. The van der Waals surface area contributed by atoms with Crippen molar-refractivity contribution < 1.29 is 4.74 Å². The lowest BCUT2D eigenvalue weighted by Gasteiger charge is -2.33. The second-order valence-electron chi connectivity index (χ2n) is 7.49. The van der Waals surface area contributed by atoms with Crippen LogP contribution in [0.5, 0.6) is 0 Å². The molecule has 136 valence electrons. The monoisotopic (exact) mass is 345 g/mol. The molecule has 2 aromatic rings. The zero-order valence-electron chi connectivity index (χ0n) is 15.1. The lowest BCUT2D eigenvalue weighted by atomic mass is 10.1. The molecule has 2 fully saturated rings. The molecule has 0 amide bonds. The van der Waals surface area contributed by atoms with Crippen molar-refractivity contribution in [1.29, 1.82) is 0 Å². The van der Waals surface area contributed by atoms with E-state index in [0.717, 1.165) is 49.8 Å². The quantitative estimate of drug-likeness (QED) is 0.847. The number of ether oxygens (including phenoxy) is 1. The molecule has 7 nitrogen and oxygen atoms in total. The Morgan fingerprint density at radius 3 is 2.64 bits per heavy atom. The number of anilines is 1. The highest BCUT2D eigenvalue weighted by molar-refractivity contribution is 5.50. The van der Waals surface area contributed by atoms with Gasteiger partial charge in [-0.15, -0.1) is 5.10 Å². The van der Waals surface area contributed by atoms with E-state index in [1.807, 2.05) is 13.1 Å². The summed E-state index contributed by atoms with van der Waals surface area (Å²) >= 11 is 0. The highest BCUT2D eigenvalue weighted by atomic mass is 16.5. The van der Waals surface area contributed by atoms with E-state index in [9.17, 15) is 4.79 Å². The number of fused-ring (bicyclic) bond motifs is 1. The molecule has 0 aromatic carbocycles. The van der Waals surface area contributed by atoms with Crippen molar-refractivity contribution in [1.82, 2.24) is 19.2 Å². The van der Waals surface area contributed by atoms with Crippen LogP contribution in [0.4, 0.5) is 5.82 Å². The Kier molecular flexibility index (Phi) is 4.50. The Labute approximate surface area is 147 Å². The van der Waals surface area contributed by atoms with Crippen LogP contribution in [0.1, 0.15) is 44.1 Å². The van der Waals surface area contributed by atoms with E-state index in [2.05, 4.69) is 15.0 Å². The van der Waals surface area contributed by atoms with Gasteiger partial charge in [-0.3, -0.25) is 0 Å². The lowest BCUT2D eigenvalue weighted by molar-refractivity contribution is 0.0164. The summed E-state index contributed by atoms with van der Waals surface area (Å²) in [6.07, 6.45) is 9.71. The highest BCUT2D eigenvalue weighted by Crippen LogP contribution is 2.27. The summed E-state index contributed by atoms with van der Waals surface area (Å²) in [7, 11) is 1.65. The van der Waals surface area contributed by atoms with Crippen molar-refractivity contribution in [2.24, 2.45) is 13.0 Å². The Bertz CT molecular complexity index is 798. The Morgan fingerprint density at radius 1 is 1.20 bits per heavy atom. The lowest BCUT2D eigenvalue weighted by Crippen LogP contribution is -2.38. The second kappa shape index (κ2) is 6.78. The molecule has 3 heterocycles. The van der Waals surface area contributed by atoms with Gasteiger partial charge < -0.3 is 9.64 Å². The number of nitrogens with zero attached hydrogens (tertiary/aromatic N) is 5. The van der Waals surface area contributed by atoms with Gasteiger partial charge in [0.1, 0.15) is 5.82 Å². The topological polar surface area (TPSA) is 64.7 Å². The first-order valence-electron chi connectivity index (χ1n) is 9.41. The summed E-state index contributed by atoms with van der Waals surface area (Å²) in [5, 5.41) is 4.20. The first-order chi connectivity index (χ1) is 12.1. The summed E-state index contributed by atoms with van der Waals surface area (Å²) in [5.74, 6) is 2.19. The van der Waals surface area contributed by atoms with Crippen molar-refractivity contribution in [3.63, 3.8) is 0 Å². The van der Waals surface area contributed by atoms with E-state index in [1.165, 1.54) is 34.8 Å². The molecule has 1 aliphatic heterocycles.